The van der Waals surface area contributed by atoms with Gasteiger partial charge in [-0.05, 0) is 39.3 Å². The second-order valence-corrected chi connectivity index (χ2v) is 5.68. The Morgan fingerprint density at radius 3 is 2.23 bits per heavy atom. The van der Waals surface area contributed by atoms with Gasteiger partial charge in [0.2, 0.25) is 0 Å². The third kappa shape index (κ3) is 4.62. The SMILES string of the molecule is COCOc1c(C(F)(F)F)ccc(C)c1C(=O)OC(C)(C)C. The number of alkyl halides is 3. The van der Waals surface area contributed by atoms with Gasteiger partial charge in [0.15, 0.2) is 6.79 Å². The van der Waals surface area contributed by atoms with E-state index in [0.717, 1.165) is 6.07 Å². The topological polar surface area (TPSA) is 44.8 Å². The van der Waals surface area contributed by atoms with Crippen LogP contribution in [0.2, 0.25) is 0 Å². The average Bonchev–Trinajstić information content (AvgIpc) is 2.32. The zero-order chi connectivity index (χ0) is 17.1. The van der Waals surface area contributed by atoms with Gasteiger partial charge >= 0.3 is 12.1 Å². The van der Waals surface area contributed by atoms with Gasteiger partial charge in [-0.3, -0.25) is 0 Å². The van der Waals surface area contributed by atoms with E-state index in [-0.39, 0.29) is 5.56 Å². The highest BCUT2D eigenvalue weighted by Gasteiger charge is 2.38. The molecule has 0 N–H and O–H groups in total. The summed E-state index contributed by atoms with van der Waals surface area (Å²) in [6.07, 6.45) is -4.66. The largest absolute Gasteiger partial charge is 0.466 e. The van der Waals surface area contributed by atoms with Crippen LogP contribution in [0.3, 0.4) is 0 Å². The van der Waals surface area contributed by atoms with E-state index < -0.39 is 35.9 Å². The number of halogens is 3. The standard InChI is InChI=1S/C15H19F3O4/c1-9-6-7-10(15(16,17)18)12(21-8-20-5)11(9)13(19)22-14(2,3)4/h6-7H,8H2,1-5H3. The Kier molecular flexibility index (Phi) is 5.45. The van der Waals surface area contributed by atoms with Crippen molar-refractivity contribution in [2.45, 2.75) is 39.5 Å². The minimum absolute atomic E-state index is 0.248. The third-order valence-corrected chi connectivity index (χ3v) is 2.60. The Morgan fingerprint density at radius 2 is 1.77 bits per heavy atom. The van der Waals surface area contributed by atoms with Gasteiger partial charge in [0, 0.05) is 7.11 Å². The lowest BCUT2D eigenvalue weighted by Crippen LogP contribution is -2.25. The number of methoxy groups -OCH3 is 1. The van der Waals surface area contributed by atoms with E-state index in [9.17, 15) is 18.0 Å². The number of rotatable bonds is 4. The van der Waals surface area contributed by atoms with Crippen molar-refractivity contribution in [2.75, 3.05) is 13.9 Å². The molecular formula is C15H19F3O4. The number of carbonyl (C=O) groups excluding carboxylic acids is 1. The van der Waals surface area contributed by atoms with Crippen molar-refractivity contribution in [3.05, 3.63) is 28.8 Å². The highest BCUT2D eigenvalue weighted by atomic mass is 19.4. The van der Waals surface area contributed by atoms with Gasteiger partial charge in [-0.2, -0.15) is 13.2 Å². The first-order valence-corrected chi connectivity index (χ1v) is 6.53. The highest BCUT2D eigenvalue weighted by molar-refractivity contribution is 5.95. The molecule has 0 unspecified atom stereocenters. The maximum absolute atomic E-state index is 13.1. The van der Waals surface area contributed by atoms with E-state index >= 15 is 0 Å². The summed E-state index contributed by atoms with van der Waals surface area (Å²) in [7, 11) is 1.27. The van der Waals surface area contributed by atoms with E-state index in [1.165, 1.54) is 20.1 Å². The molecule has 124 valence electrons. The van der Waals surface area contributed by atoms with Gasteiger partial charge in [-0.15, -0.1) is 0 Å². The van der Waals surface area contributed by atoms with Crippen molar-refractivity contribution in [1.29, 1.82) is 0 Å². The second-order valence-electron chi connectivity index (χ2n) is 5.68. The molecule has 1 rings (SSSR count). The molecule has 1 aromatic carbocycles. The number of hydrogen-bond acceptors (Lipinski definition) is 4. The van der Waals surface area contributed by atoms with Gasteiger partial charge in [-0.25, -0.2) is 4.79 Å². The zero-order valence-corrected chi connectivity index (χ0v) is 13.1. The van der Waals surface area contributed by atoms with Gasteiger partial charge < -0.3 is 14.2 Å². The summed E-state index contributed by atoms with van der Waals surface area (Å²) in [5.41, 5.74) is -1.80. The van der Waals surface area contributed by atoms with Crippen molar-refractivity contribution >= 4 is 5.97 Å². The molecular weight excluding hydrogens is 301 g/mol. The van der Waals surface area contributed by atoms with Crippen LogP contribution in [-0.4, -0.2) is 25.5 Å². The van der Waals surface area contributed by atoms with Crippen LogP contribution in [0.1, 0.15) is 42.3 Å². The molecule has 0 heterocycles. The Labute approximate surface area is 127 Å². The summed E-state index contributed by atoms with van der Waals surface area (Å²) in [5.74, 6) is -1.45. The summed E-state index contributed by atoms with van der Waals surface area (Å²) in [6.45, 7) is 5.98. The molecule has 0 aliphatic carbocycles. The first-order valence-electron chi connectivity index (χ1n) is 6.53. The van der Waals surface area contributed by atoms with Gasteiger partial charge in [0.25, 0.3) is 0 Å². The van der Waals surface area contributed by atoms with Crippen molar-refractivity contribution in [3.63, 3.8) is 0 Å². The van der Waals surface area contributed by atoms with Crippen LogP contribution < -0.4 is 4.74 Å². The normalized spacial score (nSPS) is 12.2. The highest BCUT2D eigenvalue weighted by Crippen LogP contribution is 2.40. The quantitative estimate of drug-likeness (QED) is 0.622. The van der Waals surface area contributed by atoms with E-state index in [1.54, 1.807) is 20.8 Å². The number of ether oxygens (including phenoxy) is 3. The zero-order valence-electron chi connectivity index (χ0n) is 13.1. The Balaban J connectivity index is 3.43. The molecule has 0 radical (unpaired) electrons. The fourth-order valence-corrected chi connectivity index (χ4v) is 1.75. The number of esters is 1. The summed E-state index contributed by atoms with van der Waals surface area (Å²) in [5, 5.41) is 0. The fourth-order valence-electron chi connectivity index (χ4n) is 1.75. The molecule has 0 aliphatic rings. The van der Waals surface area contributed by atoms with Crippen molar-refractivity contribution in [3.8, 4) is 5.75 Å². The molecule has 22 heavy (non-hydrogen) atoms. The van der Waals surface area contributed by atoms with E-state index in [1.807, 2.05) is 0 Å². The van der Waals surface area contributed by atoms with Crippen molar-refractivity contribution in [2.24, 2.45) is 0 Å². The molecule has 0 spiro atoms. The third-order valence-electron chi connectivity index (χ3n) is 2.60. The molecule has 0 atom stereocenters. The van der Waals surface area contributed by atoms with E-state index in [2.05, 4.69) is 4.74 Å². The monoisotopic (exact) mass is 320 g/mol. The molecule has 0 aliphatic heterocycles. The number of benzene rings is 1. The summed E-state index contributed by atoms with van der Waals surface area (Å²) in [6, 6.07) is 2.08. The molecule has 4 nitrogen and oxygen atoms in total. The Morgan fingerprint density at radius 1 is 1.18 bits per heavy atom. The lowest BCUT2D eigenvalue weighted by Gasteiger charge is -2.23. The van der Waals surface area contributed by atoms with Crippen LogP contribution in [0.4, 0.5) is 13.2 Å². The van der Waals surface area contributed by atoms with Gasteiger partial charge in [0.05, 0.1) is 5.56 Å². The van der Waals surface area contributed by atoms with Crippen LogP contribution in [0.15, 0.2) is 12.1 Å². The smallest absolute Gasteiger partial charge is 0.419 e. The predicted molar refractivity (Wildman–Crippen MR) is 73.9 cm³/mol. The maximum Gasteiger partial charge on any atom is 0.419 e. The van der Waals surface area contributed by atoms with Crippen LogP contribution in [0.25, 0.3) is 0 Å². The summed E-state index contributed by atoms with van der Waals surface area (Å²) >= 11 is 0. The van der Waals surface area contributed by atoms with Crippen molar-refractivity contribution in [1.82, 2.24) is 0 Å². The van der Waals surface area contributed by atoms with Gasteiger partial charge in [0.1, 0.15) is 16.9 Å². The number of aryl methyl sites for hydroxylation is 1. The minimum Gasteiger partial charge on any atom is -0.466 e. The maximum atomic E-state index is 13.1. The van der Waals surface area contributed by atoms with Crippen molar-refractivity contribution < 1.29 is 32.2 Å². The Hall–Kier alpha value is -1.76. The first kappa shape index (κ1) is 18.3. The summed E-state index contributed by atoms with van der Waals surface area (Å²) in [4.78, 5) is 12.2. The summed E-state index contributed by atoms with van der Waals surface area (Å²) < 4.78 is 54.2. The molecule has 0 saturated carbocycles. The predicted octanol–water partition coefficient (Wildman–Crippen LogP) is 3.95. The molecule has 0 aromatic heterocycles. The van der Waals surface area contributed by atoms with Crippen LogP contribution in [0, 0.1) is 6.92 Å². The van der Waals surface area contributed by atoms with E-state index in [4.69, 9.17) is 9.47 Å². The molecule has 0 saturated heterocycles. The lowest BCUT2D eigenvalue weighted by atomic mass is 10.0. The minimum atomic E-state index is -4.66. The molecule has 1 aromatic rings. The molecule has 7 heteroatoms. The molecule has 0 amide bonds. The van der Waals surface area contributed by atoms with Crippen LogP contribution in [0.5, 0.6) is 5.75 Å². The van der Waals surface area contributed by atoms with Gasteiger partial charge in [-0.1, -0.05) is 6.07 Å². The van der Waals surface area contributed by atoms with Crippen LogP contribution >= 0.6 is 0 Å². The fraction of sp³-hybridized carbons (Fsp3) is 0.533. The number of carbonyl (C=O) groups is 1. The second kappa shape index (κ2) is 6.56. The molecule has 0 bridgehead atoms. The van der Waals surface area contributed by atoms with Crippen LogP contribution in [-0.2, 0) is 15.7 Å². The molecule has 0 fully saturated rings. The Bertz CT molecular complexity index is 545. The number of hydrogen-bond donors (Lipinski definition) is 0. The average molecular weight is 320 g/mol. The lowest BCUT2D eigenvalue weighted by molar-refractivity contribution is -0.139. The first-order chi connectivity index (χ1) is 9.97. The van der Waals surface area contributed by atoms with E-state index in [0.29, 0.717) is 5.56 Å².